The molecule has 8 nitrogen and oxygen atoms in total. The van der Waals surface area contributed by atoms with Crippen LogP contribution in [0.4, 0.5) is 0 Å². The Hall–Kier alpha value is -3.20. The number of carbonyl (C=O) groups is 2. The Kier molecular flexibility index (Phi) is 8.31. The number of carbonyl (C=O) groups excluding carboxylic acids is 2. The molecule has 9 heteroatoms. The number of nitrogens with zero attached hydrogens (tertiary/aromatic N) is 2. The first-order chi connectivity index (χ1) is 19.3. The number of amides is 2. The van der Waals surface area contributed by atoms with E-state index in [1.54, 1.807) is 16.2 Å². The molecule has 2 aromatic heterocycles. The van der Waals surface area contributed by atoms with Gasteiger partial charge in [-0.15, -0.1) is 11.3 Å². The van der Waals surface area contributed by atoms with Crippen molar-refractivity contribution in [3.63, 3.8) is 0 Å². The molecule has 1 N–H and O–H groups in total. The van der Waals surface area contributed by atoms with Gasteiger partial charge < -0.3 is 29.0 Å². The zero-order valence-corrected chi connectivity index (χ0v) is 25.1. The van der Waals surface area contributed by atoms with Gasteiger partial charge in [-0.2, -0.15) is 0 Å². The molecule has 3 atom stereocenters. The standard InChI is InChI=1S/C31H41N3O5S/c1-6-37-25-15-21(16-26(38-7-2)28(25)39-8-3)18-34-29(35)24-17-27-23(13-14-40-27)33(24)19-31(34,5)30(36)32-22-12-10-9-11-20(22)4/h13-17,20,22H,6-12,18-19H2,1-5H3,(H,32,36)/t20-,22+,31-/m1/s1. The van der Waals surface area contributed by atoms with Gasteiger partial charge in [0.2, 0.25) is 11.7 Å². The van der Waals surface area contributed by atoms with E-state index in [0.717, 1.165) is 35.0 Å². The fraction of sp³-hybridized carbons (Fsp3) is 0.548. The van der Waals surface area contributed by atoms with Gasteiger partial charge in [0.25, 0.3) is 5.91 Å². The van der Waals surface area contributed by atoms with E-state index in [1.807, 2.05) is 61.9 Å². The number of fused-ring (bicyclic) bond motifs is 3. The van der Waals surface area contributed by atoms with Crippen LogP contribution in [0.25, 0.3) is 10.2 Å². The van der Waals surface area contributed by atoms with Crippen LogP contribution in [0.2, 0.25) is 0 Å². The summed E-state index contributed by atoms with van der Waals surface area (Å²) in [5, 5.41) is 5.38. The summed E-state index contributed by atoms with van der Waals surface area (Å²) in [6.45, 7) is 11.9. The van der Waals surface area contributed by atoms with E-state index < -0.39 is 5.54 Å². The van der Waals surface area contributed by atoms with E-state index in [1.165, 1.54) is 6.42 Å². The van der Waals surface area contributed by atoms with E-state index in [0.29, 0.717) is 55.2 Å². The molecule has 1 aromatic carbocycles. The summed E-state index contributed by atoms with van der Waals surface area (Å²) < 4.78 is 20.8. The van der Waals surface area contributed by atoms with E-state index >= 15 is 0 Å². The van der Waals surface area contributed by atoms with Crippen molar-refractivity contribution in [1.29, 1.82) is 0 Å². The first-order valence-corrected chi connectivity index (χ1v) is 15.4. The highest BCUT2D eigenvalue weighted by molar-refractivity contribution is 7.17. The summed E-state index contributed by atoms with van der Waals surface area (Å²) in [7, 11) is 0. The first kappa shape index (κ1) is 28.3. The molecule has 0 unspecified atom stereocenters. The molecule has 3 heterocycles. The number of hydrogen-bond acceptors (Lipinski definition) is 6. The normalized spacial score (nSPS) is 22.7. The Morgan fingerprint density at radius 2 is 1.73 bits per heavy atom. The van der Waals surface area contributed by atoms with Crippen LogP contribution >= 0.6 is 11.3 Å². The third-order valence-corrected chi connectivity index (χ3v) is 9.13. The minimum Gasteiger partial charge on any atom is -0.490 e. The van der Waals surface area contributed by atoms with E-state index in [4.69, 9.17) is 14.2 Å². The van der Waals surface area contributed by atoms with Crippen molar-refractivity contribution in [3.05, 3.63) is 40.9 Å². The van der Waals surface area contributed by atoms with Crippen LogP contribution in [-0.2, 0) is 17.9 Å². The third kappa shape index (κ3) is 5.16. The van der Waals surface area contributed by atoms with Gasteiger partial charge in [-0.3, -0.25) is 9.59 Å². The van der Waals surface area contributed by atoms with E-state index in [2.05, 4.69) is 12.2 Å². The Balaban J connectivity index is 1.55. The fourth-order valence-electron chi connectivity index (χ4n) is 6.09. The maximum Gasteiger partial charge on any atom is 0.271 e. The molecule has 2 amide bonds. The van der Waals surface area contributed by atoms with Crippen molar-refractivity contribution < 1.29 is 23.8 Å². The quantitative estimate of drug-likeness (QED) is 0.325. The van der Waals surface area contributed by atoms with Crippen molar-refractivity contribution >= 4 is 33.4 Å². The molecule has 2 aliphatic rings. The van der Waals surface area contributed by atoms with Crippen LogP contribution in [0.3, 0.4) is 0 Å². The van der Waals surface area contributed by atoms with Crippen LogP contribution < -0.4 is 19.5 Å². The average molecular weight is 568 g/mol. The van der Waals surface area contributed by atoms with Crippen LogP contribution in [0, 0.1) is 5.92 Å². The highest BCUT2D eigenvalue weighted by atomic mass is 32.1. The van der Waals surface area contributed by atoms with Gasteiger partial charge in [-0.25, -0.2) is 0 Å². The molecule has 1 saturated carbocycles. The number of hydrogen-bond donors (Lipinski definition) is 1. The van der Waals surface area contributed by atoms with E-state index in [9.17, 15) is 9.59 Å². The van der Waals surface area contributed by atoms with Gasteiger partial charge in [-0.1, -0.05) is 19.8 Å². The Labute approximate surface area is 240 Å². The number of rotatable bonds is 10. The second-order valence-corrected chi connectivity index (χ2v) is 12.0. The Bertz CT molecular complexity index is 1350. The number of thiophene rings is 1. The zero-order valence-electron chi connectivity index (χ0n) is 24.2. The molecule has 0 radical (unpaired) electrons. The van der Waals surface area contributed by atoms with Crippen molar-refractivity contribution in [1.82, 2.24) is 14.8 Å². The van der Waals surface area contributed by atoms with Gasteiger partial charge in [0.05, 0.1) is 36.6 Å². The molecule has 40 heavy (non-hydrogen) atoms. The molecular weight excluding hydrogens is 526 g/mol. The summed E-state index contributed by atoms with van der Waals surface area (Å²) in [6, 6.07) is 7.90. The SMILES string of the molecule is CCOc1cc(CN2C(=O)c3cc4sccc4n3C[C@]2(C)C(=O)N[C@H]2CCCC[C@H]2C)cc(OCC)c1OCC. The fourth-order valence-corrected chi connectivity index (χ4v) is 6.91. The lowest BCUT2D eigenvalue weighted by Crippen LogP contribution is -2.65. The van der Waals surface area contributed by atoms with Crippen LogP contribution in [0.5, 0.6) is 17.2 Å². The Morgan fingerprint density at radius 3 is 2.38 bits per heavy atom. The summed E-state index contributed by atoms with van der Waals surface area (Å²) in [6.07, 6.45) is 4.38. The molecule has 5 rings (SSSR count). The highest BCUT2D eigenvalue weighted by Gasteiger charge is 2.48. The molecule has 0 saturated heterocycles. The molecule has 0 bridgehead atoms. The monoisotopic (exact) mass is 567 g/mol. The minimum absolute atomic E-state index is 0.108. The third-order valence-electron chi connectivity index (χ3n) is 8.28. The molecule has 1 aliphatic heterocycles. The number of benzene rings is 1. The van der Waals surface area contributed by atoms with Crippen LogP contribution in [0.15, 0.2) is 29.6 Å². The molecular formula is C31H41N3O5S. The van der Waals surface area contributed by atoms with E-state index in [-0.39, 0.29) is 24.4 Å². The van der Waals surface area contributed by atoms with Gasteiger partial charge >= 0.3 is 0 Å². The lowest BCUT2D eigenvalue weighted by molar-refractivity contribution is -0.134. The smallest absolute Gasteiger partial charge is 0.271 e. The average Bonchev–Trinajstić information content (AvgIpc) is 3.52. The largest absolute Gasteiger partial charge is 0.490 e. The molecule has 1 aliphatic carbocycles. The predicted octanol–water partition coefficient (Wildman–Crippen LogP) is 6.01. The number of aromatic nitrogens is 1. The molecule has 0 spiro atoms. The maximum absolute atomic E-state index is 14.2. The molecule has 216 valence electrons. The zero-order chi connectivity index (χ0) is 28.4. The topological polar surface area (TPSA) is 82.0 Å². The van der Waals surface area contributed by atoms with Gasteiger partial charge in [-0.05, 0) is 81.7 Å². The maximum atomic E-state index is 14.2. The van der Waals surface area contributed by atoms with Gasteiger partial charge in [0.1, 0.15) is 11.2 Å². The lowest BCUT2D eigenvalue weighted by Gasteiger charge is -2.45. The number of nitrogens with one attached hydrogen (secondary N) is 1. The van der Waals surface area contributed by atoms with Gasteiger partial charge in [0, 0.05) is 12.6 Å². The minimum atomic E-state index is -1.09. The highest BCUT2D eigenvalue weighted by Crippen LogP contribution is 2.41. The van der Waals surface area contributed by atoms with Crippen LogP contribution in [-0.4, -0.2) is 52.7 Å². The Morgan fingerprint density at radius 1 is 1.05 bits per heavy atom. The van der Waals surface area contributed by atoms with Crippen molar-refractivity contribution in [2.24, 2.45) is 5.92 Å². The summed E-state index contributed by atoms with van der Waals surface area (Å²) in [4.78, 5) is 30.1. The van der Waals surface area contributed by atoms with Crippen LogP contribution in [0.1, 0.15) is 76.4 Å². The summed E-state index contributed by atoms with van der Waals surface area (Å²) in [5.74, 6) is 1.84. The molecule has 3 aromatic rings. The second-order valence-electron chi connectivity index (χ2n) is 11.0. The van der Waals surface area contributed by atoms with Gasteiger partial charge in [0.15, 0.2) is 11.5 Å². The van der Waals surface area contributed by atoms with Crippen molar-refractivity contribution in [2.45, 2.75) is 85.0 Å². The number of ether oxygens (including phenoxy) is 3. The first-order valence-electron chi connectivity index (χ1n) is 14.6. The van der Waals surface area contributed by atoms with Crippen molar-refractivity contribution in [3.8, 4) is 17.2 Å². The summed E-state index contributed by atoms with van der Waals surface area (Å²) >= 11 is 1.61. The summed E-state index contributed by atoms with van der Waals surface area (Å²) in [5.41, 5.74) is 1.33. The lowest BCUT2D eigenvalue weighted by atomic mass is 9.85. The second kappa shape index (κ2) is 11.7. The van der Waals surface area contributed by atoms with Crippen molar-refractivity contribution in [2.75, 3.05) is 19.8 Å². The molecule has 1 fully saturated rings. The predicted molar refractivity (Wildman–Crippen MR) is 158 cm³/mol.